The second-order valence-corrected chi connectivity index (χ2v) is 1.78. The average Bonchev–Trinajstić information content (AvgIpc) is 1.54. The third kappa shape index (κ3) is 890. The van der Waals surface area contributed by atoms with Crippen LogP contribution in [-0.2, 0) is 85.8 Å². The molecule has 0 unspecified atom stereocenters. The summed E-state index contributed by atoms with van der Waals surface area (Å²) in [7, 11) is -5.83. The second kappa shape index (κ2) is 29.7. The largest absolute Gasteiger partial charge is 2.00 e. The molecule has 0 aromatic carbocycles. The van der Waals surface area contributed by atoms with Crippen molar-refractivity contribution >= 4 is 14.6 Å². The normalized spacial score (nSPS) is 5.20. The molecule has 0 saturated carbocycles. The smallest absolute Gasteiger partial charge is 2.00 e. The van der Waals surface area contributed by atoms with E-state index in [2.05, 4.69) is 0 Å². The minimum absolute atomic E-state index is 0. The molecule has 0 amide bonds. The number of hydrogen-bond acceptors (Lipinski definition) is 9. The molecule has 0 bridgehead atoms. The number of hydrogen-bond donors (Lipinski definition) is 0. The Labute approximate surface area is 129 Å². The van der Waals surface area contributed by atoms with Gasteiger partial charge in [-0.25, -0.2) is 0 Å². The zero-order valence-corrected chi connectivity index (χ0v) is 18.3. The summed E-state index contributed by atoms with van der Waals surface area (Å²) in [6.07, 6.45) is 0. The summed E-state index contributed by atoms with van der Waals surface area (Å²) < 4.78 is 25.8. The summed E-state index contributed by atoms with van der Waals surface area (Å²) in [6.45, 7) is 0. The van der Waals surface area contributed by atoms with Crippen molar-refractivity contribution in [1.82, 2.24) is 0 Å². The van der Waals surface area contributed by atoms with E-state index < -0.39 is 31.8 Å². The van der Waals surface area contributed by atoms with E-state index >= 15 is 0 Å². The van der Waals surface area contributed by atoms with Gasteiger partial charge in [0.1, 0.15) is 0 Å². The van der Waals surface area contributed by atoms with Crippen molar-refractivity contribution in [3.8, 4) is 0 Å². The van der Waals surface area contributed by atoms with Crippen molar-refractivity contribution in [2.24, 2.45) is 0 Å². The fraction of sp³-hybridized carbons (Fsp3) is 0. The Morgan fingerprint density at radius 1 is 0.600 bits per heavy atom. The van der Waals surface area contributed by atoms with E-state index in [1.165, 1.54) is 0 Å². The van der Waals surface area contributed by atoms with Crippen LogP contribution in [0.2, 0.25) is 0 Å². The SMILES string of the molecule is [O-]B([O-])[O-].[O-]B([O-])[O-].[O]=[Mo](=[O])=[O].[Zn+2].[Zn+2].[Zn+2]. The molecule has 0 aromatic heterocycles. The van der Waals surface area contributed by atoms with Gasteiger partial charge in [-0.2, -0.15) is 0 Å². The van der Waals surface area contributed by atoms with Gasteiger partial charge in [0, 0.05) is 0 Å². The van der Waals surface area contributed by atoms with E-state index in [0.29, 0.717) is 0 Å². The molecule has 0 rings (SSSR count). The van der Waals surface area contributed by atoms with Crippen LogP contribution >= 0.6 is 0 Å². The van der Waals surface area contributed by atoms with E-state index in [0.717, 1.165) is 0 Å². The zero-order valence-electron chi connectivity index (χ0n) is 7.36. The second-order valence-electron chi connectivity index (χ2n) is 0.781. The third-order valence-corrected chi connectivity index (χ3v) is 0. The Hall–Kier alpha value is 1.85. The monoisotopic (exact) mass is 456 g/mol. The minimum atomic E-state index is -4.11. The van der Waals surface area contributed by atoms with Crippen LogP contribution in [0.25, 0.3) is 0 Å². The topological polar surface area (TPSA) is 190 Å². The summed E-state index contributed by atoms with van der Waals surface area (Å²) in [5, 5.41) is 50.5. The van der Waals surface area contributed by atoms with Crippen LogP contribution in [0.1, 0.15) is 0 Å². The van der Waals surface area contributed by atoms with E-state index in [9.17, 15) is 0 Å². The Kier molecular flexibility index (Phi) is 71.2. The molecular formula is B2MoO9Zn3. The van der Waals surface area contributed by atoms with Crippen molar-refractivity contribution in [1.29, 1.82) is 0 Å². The van der Waals surface area contributed by atoms with E-state index in [1.54, 1.807) is 0 Å². The van der Waals surface area contributed by atoms with Gasteiger partial charge in [-0.3, -0.25) is 14.6 Å². The Morgan fingerprint density at radius 2 is 0.600 bits per heavy atom. The summed E-state index contributed by atoms with van der Waals surface area (Å²) in [5.41, 5.74) is 0. The summed E-state index contributed by atoms with van der Waals surface area (Å²) in [6, 6.07) is 0. The minimum Gasteiger partial charge on any atom is 2.00 e. The fourth-order valence-corrected chi connectivity index (χ4v) is 0. The maximum atomic E-state index is 8.59. The first kappa shape index (κ1) is 36.0. The predicted octanol–water partition coefficient (Wildman–Crippen LogP) is -8.26. The molecule has 0 aromatic rings. The molecule has 0 aliphatic carbocycles. The van der Waals surface area contributed by atoms with Gasteiger partial charge in [-0.1, -0.05) is 0 Å². The maximum absolute atomic E-state index is 8.59. The maximum Gasteiger partial charge on any atom is 2.00 e. The quantitative estimate of drug-likeness (QED) is 0.318. The molecular weight excluding hydrogens is 458 g/mol. The van der Waals surface area contributed by atoms with Gasteiger partial charge in [-0.05, 0) is 0 Å². The fourth-order valence-electron chi connectivity index (χ4n) is 0. The van der Waals surface area contributed by atoms with Gasteiger partial charge >= 0.3 is 85.8 Å². The summed E-state index contributed by atoms with van der Waals surface area (Å²) in [5.74, 6) is 0. The number of rotatable bonds is 0. The molecule has 15 heteroatoms. The molecule has 0 aliphatic heterocycles. The van der Waals surface area contributed by atoms with Crippen LogP contribution in [-0.4, -0.2) is 14.6 Å². The van der Waals surface area contributed by atoms with Crippen LogP contribution in [0, 0.1) is 0 Å². The van der Waals surface area contributed by atoms with Gasteiger partial charge in [-0.15, -0.1) is 0 Å². The zero-order chi connectivity index (χ0) is 10.7. The molecule has 0 heterocycles. The van der Waals surface area contributed by atoms with Crippen molar-refractivity contribution in [2.75, 3.05) is 0 Å². The summed E-state index contributed by atoms with van der Waals surface area (Å²) >= 11 is -4.11. The van der Waals surface area contributed by atoms with Gasteiger partial charge in [0.25, 0.3) is 0 Å². The van der Waals surface area contributed by atoms with Crippen LogP contribution in [0.4, 0.5) is 0 Å². The molecule has 9 nitrogen and oxygen atoms in total. The van der Waals surface area contributed by atoms with Crippen LogP contribution < -0.4 is 30.1 Å². The average molecular weight is 458 g/mol. The molecule has 0 spiro atoms. The molecule has 0 saturated heterocycles. The van der Waals surface area contributed by atoms with E-state index in [4.69, 9.17) is 40.3 Å². The Balaban J connectivity index is -0.0000000184. The molecule has 0 fully saturated rings. The molecule has 0 radical (unpaired) electrons. The molecule has 0 N–H and O–H groups in total. The Bertz CT molecular complexity index is 145. The Morgan fingerprint density at radius 3 is 0.600 bits per heavy atom. The van der Waals surface area contributed by atoms with E-state index in [-0.39, 0.29) is 58.4 Å². The molecule has 0 atom stereocenters. The molecule has 72 valence electrons. The third-order valence-electron chi connectivity index (χ3n) is 0. The van der Waals surface area contributed by atoms with Gasteiger partial charge in [0.2, 0.25) is 0 Å². The molecule has 15 heavy (non-hydrogen) atoms. The molecule has 0 aliphatic rings. The standard InChI is InChI=1S/2BO3.Mo.3O.3Zn/c2*2-1(3)4;;;;;;;/q2*-3;;;;;3*+2. The van der Waals surface area contributed by atoms with Crippen molar-refractivity contribution in [3.05, 3.63) is 0 Å². The first-order chi connectivity index (χ1) is 5.20. The van der Waals surface area contributed by atoms with Gasteiger partial charge in [0.15, 0.2) is 0 Å². The van der Waals surface area contributed by atoms with Gasteiger partial charge in [0.05, 0.1) is 0 Å². The first-order valence-corrected chi connectivity index (χ1v) is 4.37. The predicted molar refractivity (Wildman–Crippen MR) is 13.6 cm³/mol. The van der Waals surface area contributed by atoms with Crippen molar-refractivity contribution < 1.29 is 116 Å². The van der Waals surface area contributed by atoms with Crippen LogP contribution in [0.15, 0.2) is 0 Å². The van der Waals surface area contributed by atoms with Crippen LogP contribution in [0.5, 0.6) is 0 Å². The van der Waals surface area contributed by atoms with Crippen LogP contribution in [0.3, 0.4) is 0 Å². The van der Waals surface area contributed by atoms with Crippen molar-refractivity contribution in [2.45, 2.75) is 0 Å². The van der Waals surface area contributed by atoms with Gasteiger partial charge < -0.3 is 30.1 Å². The summed E-state index contributed by atoms with van der Waals surface area (Å²) in [4.78, 5) is 0. The first-order valence-electron chi connectivity index (χ1n) is 1.91. The van der Waals surface area contributed by atoms with E-state index in [1.807, 2.05) is 0 Å². The van der Waals surface area contributed by atoms with Crippen molar-refractivity contribution in [3.63, 3.8) is 0 Å².